The van der Waals surface area contributed by atoms with Crippen molar-refractivity contribution in [3.8, 4) is 5.75 Å². The summed E-state index contributed by atoms with van der Waals surface area (Å²) in [6.07, 6.45) is -4.46. The number of halogens is 5. The van der Waals surface area contributed by atoms with Crippen molar-refractivity contribution < 1.29 is 31.5 Å². The van der Waals surface area contributed by atoms with Crippen LogP contribution in [-0.2, 0) is 16.4 Å². The molecule has 0 aliphatic carbocycles. The summed E-state index contributed by atoms with van der Waals surface area (Å²) in [6.45, 7) is 2.90. The van der Waals surface area contributed by atoms with E-state index in [0.717, 1.165) is 24.3 Å². The van der Waals surface area contributed by atoms with Crippen molar-refractivity contribution in [2.24, 2.45) is 0 Å². The van der Waals surface area contributed by atoms with Gasteiger partial charge in [0.2, 0.25) is 0 Å². The number of hydrogen-bond acceptors (Lipinski definition) is 2. The molecule has 8 heteroatoms. The highest BCUT2D eigenvalue weighted by Crippen LogP contribution is 2.32. The minimum atomic E-state index is -4.46. The molecule has 0 unspecified atom stereocenters. The molecule has 0 radical (unpaired) electrons. The third kappa shape index (κ3) is 5.67. The standard InChI is InChI=1S/C19H18F5NO2/c1-18(2,12-4-3-5-13(8-12)19(22,23)24)11-25-17(26)10-27-16-7-6-14(20)9-15(16)21/h3-9H,10-11H2,1-2H3,(H,25,26). The Bertz CT molecular complexity index is 818. The lowest BCUT2D eigenvalue weighted by molar-refractivity contribution is -0.137. The second kappa shape index (κ2) is 7.94. The quantitative estimate of drug-likeness (QED) is 0.744. The van der Waals surface area contributed by atoms with E-state index in [4.69, 9.17) is 4.74 Å². The lowest BCUT2D eigenvalue weighted by Crippen LogP contribution is -2.39. The largest absolute Gasteiger partial charge is 0.481 e. The highest BCUT2D eigenvalue weighted by Gasteiger charge is 2.32. The lowest BCUT2D eigenvalue weighted by Gasteiger charge is -2.26. The van der Waals surface area contributed by atoms with Crippen molar-refractivity contribution >= 4 is 5.91 Å². The van der Waals surface area contributed by atoms with E-state index in [-0.39, 0.29) is 12.3 Å². The van der Waals surface area contributed by atoms with Gasteiger partial charge in [-0.05, 0) is 23.8 Å². The van der Waals surface area contributed by atoms with Gasteiger partial charge in [0, 0.05) is 18.0 Å². The average Bonchev–Trinajstić information content (AvgIpc) is 2.59. The first-order valence-corrected chi connectivity index (χ1v) is 8.01. The zero-order chi connectivity index (χ0) is 20.2. The van der Waals surface area contributed by atoms with Crippen LogP contribution in [0, 0.1) is 11.6 Å². The molecular weight excluding hydrogens is 369 g/mol. The Morgan fingerprint density at radius 2 is 1.70 bits per heavy atom. The molecule has 146 valence electrons. The SMILES string of the molecule is CC(C)(CNC(=O)COc1ccc(F)cc1F)c1cccc(C(F)(F)F)c1. The number of alkyl halides is 3. The van der Waals surface area contributed by atoms with Gasteiger partial charge in [-0.25, -0.2) is 8.78 Å². The zero-order valence-corrected chi connectivity index (χ0v) is 14.7. The summed E-state index contributed by atoms with van der Waals surface area (Å²) in [5, 5.41) is 2.54. The van der Waals surface area contributed by atoms with Crippen LogP contribution in [-0.4, -0.2) is 19.1 Å². The molecule has 0 atom stereocenters. The molecule has 0 saturated heterocycles. The number of amides is 1. The topological polar surface area (TPSA) is 38.3 Å². The summed E-state index contributed by atoms with van der Waals surface area (Å²) in [6, 6.07) is 7.55. The van der Waals surface area contributed by atoms with Crippen LogP contribution in [0.5, 0.6) is 5.75 Å². The van der Waals surface area contributed by atoms with Gasteiger partial charge in [-0.1, -0.05) is 32.0 Å². The summed E-state index contributed by atoms with van der Waals surface area (Å²) in [5.41, 5.74) is -1.14. The third-order valence-corrected chi connectivity index (χ3v) is 3.95. The number of carbonyl (C=O) groups excluding carboxylic acids is 1. The molecule has 0 aliphatic rings. The number of carbonyl (C=O) groups is 1. The number of benzene rings is 2. The molecule has 1 N–H and O–H groups in total. The number of hydrogen-bond donors (Lipinski definition) is 1. The maximum Gasteiger partial charge on any atom is 0.416 e. The van der Waals surface area contributed by atoms with Gasteiger partial charge in [-0.2, -0.15) is 13.2 Å². The molecule has 0 spiro atoms. The first-order chi connectivity index (χ1) is 12.5. The van der Waals surface area contributed by atoms with Crippen LogP contribution in [0.3, 0.4) is 0 Å². The van der Waals surface area contributed by atoms with Crippen LogP contribution in [0.1, 0.15) is 25.0 Å². The van der Waals surface area contributed by atoms with Crippen molar-refractivity contribution in [1.29, 1.82) is 0 Å². The molecule has 0 bridgehead atoms. The highest BCUT2D eigenvalue weighted by atomic mass is 19.4. The molecule has 2 aromatic carbocycles. The Morgan fingerprint density at radius 3 is 2.33 bits per heavy atom. The number of nitrogens with one attached hydrogen (secondary N) is 1. The van der Waals surface area contributed by atoms with Crippen LogP contribution >= 0.6 is 0 Å². The molecule has 3 nitrogen and oxygen atoms in total. The summed E-state index contributed by atoms with van der Waals surface area (Å²) in [7, 11) is 0. The van der Waals surface area contributed by atoms with Crippen LogP contribution in [0.4, 0.5) is 22.0 Å². The minimum Gasteiger partial charge on any atom is -0.481 e. The van der Waals surface area contributed by atoms with Crippen molar-refractivity contribution in [1.82, 2.24) is 5.32 Å². The normalized spacial score (nSPS) is 12.0. The molecule has 2 aromatic rings. The zero-order valence-electron chi connectivity index (χ0n) is 14.7. The van der Waals surface area contributed by atoms with Crippen molar-refractivity contribution in [3.63, 3.8) is 0 Å². The highest BCUT2D eigenvalue weighted by molar-refractivity contribution is 5.77. The van der Waals surface area contributed by atoms with Crippen molar-refractivity contribution in [2.45, 2.75) is 25.4 Å². The minimum absolute atomic E-state index is 0.0441. The van der Waals surface area contributed by atoms with Gasteiger partial charge in [-0.15, -0.1) is 0 Å². The van der Waals surface area contributed by atoms with Gasteiger partial charge in [0.15, 0.2) is 18.2 Å². The van der Waals surface area contributed by atoms with E-state index in [1.165, 1.54) is 6.07 Å². The molecule has 27 heavy (non-hydrogen) atoms. The fourth-order valence-electron chi connectivity index (χ4n) is 2.32. The predicted molar refractivity (Wildman–Crippen MR) is 89.3 cm³/mol. The molecule has 0 heterocycles. The summed E-state index contributed by atoms with van der Waals surface area (Å²) in [4.78, 5) is 11.9. The van der Waals surface area contributed by atoms with Gasteiger partial charge in [0.05, 0.1) is 5.56 Å². The predicted octanol–water partition coefficient (Wildman–Crippen LogP) is 4.46. The maximum absolute atomic E-state index is 13.4. The first kappa shape index (κ1) is 20.7. The van der Waals surface area contributed by atoms with Crippen LogP contribution in [0.2, 0.25) is 0 Å². The molecule has 1 amide bonds. The van der Waals surface area contributed by atoms with Gasteiger partial charge < -0.3 is 10.1 Å². The van der Waals surface area contributed by atoms with Crippen LogP contribution < -0.4 is 10.1 Å². The fourth-order valence-corrected chi connectivity index (χ4v) is 2.32. The molecule has 2 rings (SSSR count). The van der Waals surface area contributed by atoms with Crippen molar-refractivity contribution in [3.05, 3.63) is 65.2 Å². The Balaban J connectivity index is 1.95. The van der Waals surface area contributed by atoms with E-state index < -0.39 is 41.3 Å². The van der Waals surface area contributed by atoms with Crippen LogP contribution in [0.15, 0.2) is 42.5 Å². The monoisotopic (exact) mass is 387 g/mol. The maximum atomic E-state index is 13.4. The third-order valence-electron chi connectivity index (χ3n) is 3.95. The Morgan fingerprint density at radius 1 is 1.04 bits per heavy atom. The first-order valence-electron chi connectivity index (χ1n) is 8.01. The molecular formula is C19H18F5NO2. The van der Waals surface area contributed by atoms with Crippen LogP contribution in [0.25, 0.3) is 0 Å². The summed E-state index contributed by atoms with van der Waals surface area (Å²) >= 11 is 0. The van der Waals surface area contributed by atoms with Gasteiger partial charge in [0.25, 0.3) is 5.91 Å². The Labute approximate surface area is 153 Å². The summed E-state index contributed by atoms with van der Waals surface area (Å²) in [5.74, 6) is -2.57. The van der Waals surface area contributed by atoms with E-state index in [1.54, 1.807) is 19.9 Å². The lowest BCUT2D eigenvalue weighted by atomic mass is 9.83. The van der Waals surface area contributed by atoms with Crippen molar-refractivity contribution in [2.75, 3.05) is 13.2 Å². The van der Waals surface area contributed by atoms with Gasteiger partial charge in [-0.3, -0.25) is 4.79 Å². The number of ether oxygens (including phenoxy) is 1. The van der Waals surface area contributed by atoms with Gasteiger partial charge >= 0.3 is 6.18 Å². The second-order valence-electron chi connectivity index (χ2n) is 6.60. The second-order valence-corrected chi connectivity index (χ2v) is 6.60. The van der Waals surface area contributed by atoms with E-state index in [1.807, 2.05) is 0 Å². The molecule has 0 saturated carbocycles. The molecule has 0 aromatic heterocycles. The smallest absolute Gasteiger partial charge is 0.416 e. The molecule has 0 fully saturated rings. The summed E-state index contributed by atoms with van der Waals surface area (Å²) < 4.78 is 69.8. The Hall–Kier alpha value is -2.64. The number of rotatable bonds is 6. The van der Waals surface area contributed by atoms with E-state index in [0.29, 0.717) is 11.6 Å². The van der Waals surface area contributed by atoms with E-state index >= 15 is 0 Å². The molecule has 0 aliphatic heterocycles. The van der Waals surface area contributed by atoms with E-state index in [2.05, 4.69) is 5.32 Å². The Kier molecular flexibility index (Phi) is 6.08. The fraction of sp³-hybridized carbons (Fsp3) is 0.316. The van der Waals surface area contributed by atoms with Gasteiger partial charge in [0.1, 0.15) is 5.82 Å². The van der Waals surface area contributed by atoms with E-state index in [9.17, 15) is 26.7 Å². The average molecular weight is 387 g/mol.